The van der Waals surface area contributed by atoms with Gasteiger partial charge in [-0.2, -0.15) is 0 Å². The fraction of sp³-hybridized carbons (Fsp3) is 0.562. The Hall–Kier alpha value is -1.35. The third-order valence-electron chi connectivity index (χ3n) is 3.95. The van der Waals surface area contributed by atoms with E-state index in [1.54, 1.807) is 0 Å². The third-order valence-corrected chi connectivity index (χ3v) is 3.95. The lowest BCUT2D eigenvalue weighted by Crippen LogP contribution is -2.11. The monoisotopic (exact) mass is 260 g/mol. The minimum Gasteiger partial charge on any atom is -0.493 e. The molecule has 2 heterocycles. The number of carbonyl (C=O) groups excluding carboxylic acids is 1. The van der Waals surface area contributed by atoms with Crippen molar-refractivity contribution in [2.45, 2.75) is 44.6 Å². The Morgan fingerprint density at radius 3 is 3.05 bits per heavy atom. The highest BCUT2D eigenvalue weighted by molar-refractivity contribution is 5.96. The van der Waals surface area contributed by atoms with Crippen molar-refractivity contribution in [3.05, 3.63) is 29.3 Å². The highest BCUT2D eigenvalue weighted by atomic mass is 16.5. The zero-order chi connectivity index (χ0) is 13.1. The maximum Gasteiger partial charge on any atom is 0.162 e. The lowest BCUT2D eigenvalue weighted by molar-refractivity contribution is 0.0859. The van der Waals surface area contributed by atoms with E-state index in [1.807, 2.05) is 18.2 Å². The van der Waals surface area contributed by atoms with E-state index in [1.165, 1.54) is 5.56 Å². The molecule has 1 atom stereocenters. The van der Waals surface area contributed by atoms with Crippen LogP contribution in [0, 0.1) is 0 Å². The molecule has 19 heavy (non-hydrogen) atoms. The smallest absolute Gasteiger partial charge is 0.162 e. The lowest BCUT2D eigenvalue weighted by atomic mass is 9.98. The molecular weight excluding hydrogens is 240 g/mol. The van der Waals surface area contributed by atoms with Crippen LogP contribution in [-0.4, -0.2) is 25.1 Å². The van der Waals surface area contributed by atoms with Gasteiger partial charge in [-0.05, 0) is 55.9 Å². The molecule has 3 rings (SSSR count). The first-order valence-corrected chi connectivity index (χ1v) is 7.23. The van der Waals surface area contributed by atoms with E-state index in [9.17, 15) is 4.79 Å². The maximum absolute atomic E-state index is 12.2. The average molecular weight is 260 g/mol. The quantitative estimate of drug-likeness (QED) is 0.780. The van der Waals surface area contributed by atoms with Crippen LogP contribution in [-0.2, 0) is 11.2 Å². The van der Waals surface area contributed by atoms with E-state index >= 15 is 0 Å². The van der Waals surface area contributed by atoms with Crippen LogP contribution in [0.3, 0.4) is 0 Å². The van der Waals surface area contributed by atoms with E-state index in [2.05, 4.69) is 0 Å². The summed E-state index contributed by atoms with van der Waals surface area (Å²) in [4.78, 5) is 12.2. The summed E-state index contributed by atoms with van der Waals surface area (Å²) >= 11 is 0. The maximum atomic E-state index is 12.2. The van der Waals surface area contributed by atoms with Gasteiger partial charge < -0.3 is 9.47 Å². The van der Waals surface area contributed by atoms with Crippen LogP contribution in [0.4, 0.5) is 0 Å². The number of hydrogen-bond donors (Lipinski definition) is 0. The summed E-state index contributed by atoms with van der Waals surface area (Å²) in [5.74, 6) is 1.17. The van der Waals surface area contributed by atoms with Gasteiger partial charge in [0.05, 0.1) is 12.7 Å². The van der Waals surface area contributed by atoms with E-state index in [-0.39, 0.29) is 5.78 Å². The molecule has 0 radical (unpaired) electrons. The van der Waals surface area contributed by atoms with Crippen molar-refractivity contribution in [2.75, 3.05) is 13.2 Å². The van der Waals surface area contributed by atoms with Crippen molar-refractivity contribution in [3.8, 4) is 5.75 Å². The van der Waals surface area contributed by atoms with Gasteiger partial charge in [0.1, 0.15) is 5.75 Å². The number of carbonyl (C=O) groups is 1. The number of Topliss-reactive ketones (excluding diaryl/α,β-unsaturated/α-hetero) is 1. The molecule has 1 fully saturated rings. The number of fused-ring (bicyclic) bond motifs is 1. The molecule has 2 aliphatic heterocycles. The summed E-state index contributed by atoms with van der Waals surface area (Å²) in [5, 5.41) is 0. The minimum absolute atomic E-state index is 0.226. The minimum atomic E-state index is 0.226. The second kappa shape index (κ2) is 5.74. The summed E-state index contributed by atoms with van der Waals surface area (Å²) in [6.45, 7) is 1.65. The molecule has 102 valence electrons. The Morgan fingerprint density at radius 1 is 1.26 bits per heavy atom. The highest BCUT2D eigenvalue weighted by Crippen LogP contribution is 2.26. The van der Waals surface area contributed by atoms with Crippen LogP contribution in [0.5, 0.6) is 5.75 Å². The molecular formula is C16H20O3. The largest absolute Gasteiger partial charge is 0.493 e. The van der Waals surface area contributed by atoms with Crippen molar-refractivity contribution in [2.24, 2.45) is 0 Å². The number of benzene rings is 1. The summed E-state index contributed by atoms with van der Waals surface area (Å²) in [7, 11) is 0. The van der Waals surface area contributed by atoms with Gasteiger partial charge in [0, 0.05) is 18.6 Å². The average Bonchev–Trinajstić information content (AvgIpc) is 2.97. The molecule has 0 aliphatic carbocycles. The Kier molecular flexibility index (Phi) is 3.83. The molecule has 0 amide bonds. The van der Waals surface area contributed by atoms with Gasteiger partial charge in [0.15, 0.2) is 5.78 Å². The molecule has 2 aliphatic rings. The van der Waals surface area contributed by atoms with E-state index < -0.39 is 0 Å². The van der Waals surface area contributed by atoms with Crippen LogP contribution in [0.2, 0.25) is 0 Å². The summed E-state index contributed by atoms with van der Waals surface area (Å²) in [6.07, 6.45) is 6.03. The van der Waals surface area contributed by atoms with E-state index in [0.29, 0.717) is 12.5 Å². The molecule has 0 aromatic heterocycles. The molecule has 1 aromatic rings. The van der Waals surface area contributed by atoms with Crippen LogP contribution in [0.1, 0.15) is 48.0 Å². The first kappa shape index (κ1) is 12.7. The first-order chi connectivity index (χ1) is 9.33. The molecule has 1 unspecified atom stereocenters. The highest BCUT2D eigenvalue weighted by Gasteiger charge is 2.18. The van der Waals surface area contributed by atoms with Crippen molar-refractivity contribution in [1.29, 1.82) is 0 Å². The SMILES string of the molecule is O=C(CCC1CCCO1)c1ccc2c(c1)CCCO2. The number of hydrogen-bond acceptors (Lipinski definition) is 3. The summed E-state index contributed by atoms with van der Waals surface area (Å²) in [5.41, 5.74) is 2.00. The Labute approximate surface area is 113 Å². The number of ketones is 1. The van der Waals surface area contributed by atoms with Crippen LogP contribution in [0.15, 0.2) is 18.2 Å². The van der Waals surface area contributed by atoms with Crippen molar-refractivity contribution in [3.63, 3.8) is 0 Å². The Morgan fingerprint density at radius 2 is 2.21 bits per heavy atom. The van der Waals surface area contributed by atoms with Gasteiger partial charge in [-0.3, -0.25) is 4.79 Å². The van der Waals surface area contributed by atoms with Crippen molar-refractivity contribution < 1.29 is 14.3 Å². The van der Waals surface area contributed by atoms with E-state index in [0.717, 1.165) is 56.6 Å². The Bertz CT molecular complexity index is 461. The van der Waals surface area contributed by atoms with E-state index in [4.69, 9.17) is 9.47 Å². The lowest BCUT2D eigenvalue weighted by Gasteiger charge is -2.17. The molecule has 1 aromatic carbocycles. The predicted octanol–water partition coefficient (Wildman–Crippen LogP) is 3.15. The molecule has 1 saturated heterocycles. The van der Waals surface area contributed by atoms with Crippen LogP contribution in [0.25, 0.3) is 0 Å². The van der Waals surface area contributed by atoms with Gasteiger partial charge in [-0.15, -0.1) is 0 Å². The van der Waals surface area contributed by atoms with Gasteiger partial charge in [-0.25, -0.2) is 0 Å². The third kappa shape index (κ3) is 2.98. The molecule has 0 spiro atoms. The first-order valence-electron chi connectivity index (χ1n) is 7.23. The fourth-order valence-corrected chi connectivity index (χ4v) is 2.84. The van der Waals surface area contributed by atoms with Gasteiger partial charge in [0.2, 0.25) is 0 Å². The molecule has 0 saturated carbocycles. The van der Waals surface area contributed by atoms with Crippen molar-refractivity contribution >= 4 is 5.78 Å². The molecule has 3 nitrogen and oxygen atoms in total. The topological polar surface area (TPSA) is 35.5 Å². The second-order valence-corrected chi connectivity index (χ2v) is 5.37. The van der Waals surface area contributed by atoms with Gasteiger partial charge in [0.25, 0.3) is 0 Å². The normalized spacial score (nSPS) is 21.8. The zero-order valence-corrected chi connectivity index (χ0v) is 11.2. The predicted molar refractivity (Wildman–Crippen MR) is 72.8 cm³/mol. The fourth-order valence-electron chi connectivity index (χ4n) is 2.84. The second-order valence-electron chi connectivity index (χ2n) is 5.37. The van der Waals surface area contributed by atoms with Crippen LogP contribution >= 0.6 is 0 Å². The standard InChI is InChI=1S/C16H20O3/c17-15(7-6-14-4-2-9-18-14)12-5-8-16-13(11-12)3-1-10-19-16/h5,8,11,14H,1-4,6-7,9-10H2. The Balaban J connectivity index is 1.62. The zero-order valence-electron chi connectivity index (χ0n) is 11.2. The number of rotatable bonds is 4. The molecule has 3 heteroatoms. The number of aryl methyl sites for hydroxylation is 1. The van der Waals surface area contributed by atoms with Crippen molar-refractivity contribution in [1.82, 2.24) is 0 Å². The van der Waals surface area contributed by atoms with Gasteiger partial charge >= 0.3 is 0 Å². The summed E-state index contributed by atoms with van der Waals surface area (Å²) in [6, 6.07) is 5.84. The molecule has 0 N–H and O–H groups in total. The van der Waals surface area contributed by atoms with Gasteiger partial charge in [-0.1, -0.05) is 0 Å². The summed E-state index contributed by atoms with van der Waals surface area (Å²) < 4.78 is 11.1. The van der Waals surface area contributed by atoms with Crippen LogP contribution < -0.4 is 4.74 Å². The molecule has 0 bridgehead atoms. The number of ether oxygens (including phenoxy) is 2.